The maximum Gasteiger partial charge on any atom is 0.251 e. The molecule has 0 fully saturated rings. The van der Waals surface area contributed by atoms with Crippen molar-refractivity contribution in [3.8, 4) is 0 Å². The average molecular weight is 373 g/mol. The van der Waals surface area contributed by atoms with E-state index in [2.05, 4.69) is 20.9 Å². The van der Waals surface area contributed by atoms with Crippen molar-refractivity contribution in [3.05, 3.63) is 70.2 Å². The first-order valence-corrected chi connectivity index (χ1v) is 9.07. The quantitative estimate of drug-likeness (QED) is 0.517. The summed E-state index contributed by atoms with van der Waals surface area (Å²) in [5.74, 6) is 0.689. The number of carbonyl (C=O) groups is 1. The Bertz CT molecular complexity index is 726. The van der Waals surface area contributed by atoms with Gasteiger partial charge < -0.3 is 16.0 Å². The minimum Gasteiger partial charge on any atom is -0.357 e. The third kappa shape index (κ3) is 6.41. The molecule has 5 nitrogen and oxygen atoms in total. The Labute approximate surface area is 159 Å². The molecule has 0 aliphatic carbocycles. The van der Waals surface area contributed by atoms with Crippen molar-refractivity contribution < 1.29 is 4.79 Å². The van der Waals surface area contributed by atoms with Crippen molar-refractivity contribution in [2.45, 2.75) is 19.9 Å². The molecule has 0 saturated carbocycles. The van der Waals surface area contributed by atoms with Crippen molar-refractivity contribution in [1.82, 2.24) is 16.0 Å². The van der Waals surface area contributed by atoms with Crippen LogP contribution in [0.25, 0.3) is 0 Å². The number of benzene rings is 2. The minimum atomic E-state index is -0.0859. The summed E-state index contributed by atoms with van der Waals surface area (Å²) < 4.78 is 0. The molecule has 0 aliphatic heterocycles. The van der Waals surface area contributed by atoms with Crippen molar-refractivity contribution in [2.24, 2.45) is 4.99 Å². The second-order valence-electron chi connectivity index (χ2n) is 5.77. The van der Waals surface area contributed by atoms with Crippen LogP contribution in [0.2, 0.25) is 5.02 Å². The largest absolute Gasteiger partial charge is 0.357 e. The van der Waals surface area contributed by atoms with E-state index >= 15 is 0 Å². The van der Waals surface area contributed by atoms with Crippen LogP contribution < -0.4 is 16.0 Å². The van der Waals surface area contributed by atoms with Gasteiger partial charge in [0.25, 0.3) is 5.91 Å². The van der Waals surface area contributed by atoms with E-state index in [9.17, 15) is 4.79 Å². The van der Waals surface area contributed by atoms with Gasteiger partial charge in [-0.1, -0.05) is 35.9 Å². The summed E-state index contributed by atoms with van der Waals surface area (Å²) in [6.45, 7) is 4.16. The van der Waals surface area contributed by atoms with E-state index in [-0.39, 0.29) is 5.91 Å². The summed E-state index contributed by atoms with van der Waals surface area (Å²) in [6.07, 6.45) is 0.891. The maximum atomic E-state index is 11.6. The highest BCUT2D eigenvalue weighted by Crippen LogP contribution is 2.09. The molecule has 2 aromatic rings. The van der Waals surface area contributed by atoms with Crippen LogP contribution >= 0.6 is 11.6 Å². The Morgan fingerprint density at radius 2 is 1.65 bits per heavy atom. The fourth-order valence-electron chi connectivity index (χ4n) is 2.39. The van der Waals surface area contributed by atoms with Gasteiger partial charge in [0, 0.05) is 30.7 Å². The molecule has 3 N–H and O–H groups in total. The lowest BCUT2D eigenvalue weighted by Crippen LogP contribution is -2.38. The highest BCUT2D eigenvalue weighted by Gasteiger charge is 2.03. The molecule has 0 spiro atoms. The molecule has 0 heterocycles. The zero-order chi connectivity index (χ0) is 18.8. The van der Waals surface area contributed by atoms with Gasteiger partial charge in [-0.05, 0) is 48.7 Å². The number of carbonyl (C=O) groups excluding carboxylic acids is 1. The summed E-state index contributed by atoms with van der Waals surface area (Å²) in [7, 11) is 1.62. The number of halogens is 1. The normalized spacial score (nSPS) is 11.1. The van der Waals surface area contributed by atoms with E-state index in [0.29, 0.717) is 12.1 Å². The van der Waals surface area contributed by atoms with Gasteiger partial charge >= 0.3 is 0 Å². The smallest absolute Gasteiger partial charge is 0.251 e. The monoisotopic (exact) mass is 372 g/mol. The lowest BCUT2D eigenvalue weighted by atomic mass is 10.1. The van der Waals surface area contributed by atoms with Gasteiger partial charge in [0.2, 0.25) is 0 Å². The molecule has 138 valence electrons. The van der Waals surface area contributed by atoms with Crippen molar-refractivity contribution in [3.63, 3.8) is 0 Å². The molecule has 26 heavy (non-hydrogen) atoms. The maximum absolute atomic E-state index is 11.6. The lowest BCUT2D eigenvalue weighted by molar-refractivity contribution is 0.0963. The molecular weight excluding hydrogens is 348 g/mol. The van der Waals surface area contributed by atoms with E-state index < -0.39 is 0 Å². The van der Waals surface area contributed by atoms with Crippen LogP contribution in [0.4, 0.5) is 0 Å². The van der Waals surface area contributed by atoms with Gasteiger partial charge in [-0.15, -0.1) is 0 Å². The third-order valence-electron chi connectivity index (χ3n) is 3.83. The molecule has 0 unspecified atom stereocenters. The number of hydrogen-bond acceptors (Lipinski definition) is 2. The van der Waals surface area contributed by atoms with Crippen LogP contribution in [0, 0.1) is 0 Å². The van der Waals surface area contributed by atoms with Crippen LogP contribution in [0.3, 0.4) is 0 Å². The molecule has 1 amide bonds. The highest BCUT2D eigenvalue weighted by atomic mass is 35.5. The van der Waals surface area contributed by atoms with E-state index in [0.717, 1.165) is 36.1 Å². The topological polar surface area (TPSA) is 65.5 Å². The van der Waals surface area contributed by atoms with E-state index in [1.807, 2.05) is 55.5 Å². The Kier molecular flexibility index (Phi) is 7.96. The van der Waals surface area contributed by atoms with Crippen molar-refractivity contribution >= 4 is 23.5 Å². The average Bonchev–Trinajstić information content (AvgIpc) is 2.67. The SMILES string of the molecule is CCNC(=NCc1ccc(C(=O)NC)cc1)NCCc1ccc(Cl)cc1. The van der Waals surface area contributed by atoms with Gasteiger partial charge in [-0.25, -0.2) is 4.99 Å². The molecular formula is C20H25ClN4O. The predicted molar refractivity (Wildman–Crippen MR) is 108 cm³/mol. The molecule has 0 aliphatic rings. The van der Waals surface area contributed by atoms with Crippen LogP contribution in [-0.2, 0) is 13.0 Å². The number of amides is 1. The van der Waals surface area contributed by atoms with Gasteiger partial charge in [0.1, 0.15) is 0 Å². The number of rotatable bonds is 7. The molecule has 0 bridgehead atoms. The summed E-state index contributed by atoms with van der Waals surface area (Å²) in [5, 5.41) is 9.94. The summed E-state index contributed by atoms with van der Waals surface area (Å²) in [6, 6.07) is 15.3. The number of nitrogens with one attached hydrogen (secondary N) is 3. The van der Waals surface area contributed by atoms with Crippen LogP contribution in [0.1, 0.15) is 28.4 Å². The Balaban J connectivity index is 1.89. The Morgan fingerprint density at radius 1 is 1.00 bits per heavy atom. The van der Waals surface area contributed by atoms with E-state index in [1.54, 1.807) is 7.05 Å². The van der Waals surface area contributed by atoms with Gasteiger partial charge in [0.05, 0.1) is 6.54 Å². The Hall–Kier alpha value is -2.53. The number of aliphatic imine (C=N–C) groups is 1. The second kappa shape index (κ2) is 10.5. The number of guanidine groups is 1. The van der Waals surface area contributed by atoms with Crippen LogP contribution in [0.15, 0.2) is 53.5 Å². The molecule has 2 aromatic carbocycles. The fraction of sp³-hybridized carbons (Fsp3) is 0.300. The molecule has 2 rings (SSSR count). The second-order valence-corrected chi connectivity index (χ2v) is 6.21. The summed E-state index contributed by atoms with van der Waals surface area (Å²) in [5.41, 5.74) is 2.92. The van der Waals surface area contributed by atoms with Gasteiger partial charge in [-0.3, -0.25) is 4.79 Å². The Morgan fingerprint density at radius 3 is 2.27 bits per heavy atom. The van der Waals surface area contributed by atoms with Crippen LogP contribution in [-0.4, -0.2) is 32.0 Å². The molecule has 0 atom stereocenters. The number of hydrogen-bond donors (Lipinski definition) is 3. The van der Waals surface area contributed by atoms with E-state index in [4.69, 9.17) is 11.6 Å². The third-order valence-corrected chi connectivity index (χ3v) is 4.08. The van der Waals surface area contributed by atoms with Crippen molar-refractivity contribution in [1.29, 1.82) is 0 Å². The van der Waals surface area contributed by atoms with E-state index in [1.165, 1.54) is 5.56 Å². The van der Waals surface area contributed by atoms with Gasteiger partial charge in [-0.2, -0.15) is 0 Å². The summed E-state index contributed by atoms with van der Waals surface area (Å²) in [4.78, 5) is 16.2. The minimum absolute atomic E-state index is 0.0859. The molecule has 0 radical (unpaired) electrons. The van der Waals surface area contributed by atoms with Crippen molar-refractivity contribution in [2.75, 3.05) is 20.1 Å². The molecule has 6 heteroatoms. The first kappa shape index (κ1) is 19.8. The fourth-order valence-corrected chi connectivity index (χ4v) is 2.52. The first-order chi connectivity index (χ1) is 12.6. The molecule has 0 aromatic heterocycles. The standard InChI is InChI=1S/C20H25ClN4O/c1-3-23-20(24-13-12-15-6-10-18(21)11-7-15)25-14-16-4-8-17(9-5-16)19(26)22-2/h4-11H,3,12-14H2,1-2H3,(H,22,26)(H2,23,24,25). The summed E-state index contributed by atoms with van der Waals surface area (Å²) >= 11 is 5.91. The predicted octanol–water partition coefficient (Wildman–Crippen LogP) is 3.00. The first-order valence-electron chi connectivity index (χ1n) is 8.70. The molecule has 0 saturated heterocycles. The van der Waals surface area contributed by atoms with Gasteiger partial charge in [0.15, 0.2) is 5.96 Å². The number of nitrogens with zero attached hydrogens (tertiary/aromatic N) is 1. The lowest BCUT2D eigenvalue weighted by Gasteiger charge is -2.11. The zero-order valence-corrected chi connectivity index (χ0v) is 15.9. The highest BCUT2D eigenvalue weighted by molar-refractivity contribution is 6.30. The van der Waals surface area contributed by atoms with Crippen LogP contribution in [0.5, 0.6) is 0 Å². The zero-order valence-electron chi connectivity index (χ0n) is 15.2.